The van der Waals surface area contributed by atoms with Gasteiger partial charge in [-0.15, -0.1) is 0 Å². The number of nitrogens with zero attached hydrogens (tertiary/aromatic N) is 2. The van der Waals surface area contributed by atoms with Crippen molar-refractivity contribution in [2.24, 2.45) is 5.10 Å². The first-order chi connectivity index (χ1) is 20.0. The third-order valence-corrected chi connectivity index (χ3v) is 6.43. The number of aromatic amines is 1. The average Bonchev–Trinajstić information content (AvgIpc) is 3.01. The maximum atomic E-state index is 13.4. The lowest BCUT2D eigenvalue weighted by atomic mass is 10.0. The maximum Gasteiger partial charge on any atom is 0.272 e. The molecule has 0 aliphatic rings. The Kier molecular flexibility index (Phi) is 8.46. The predicted molar refractivity (Wildman–Crippen MR) is 157 cm³/mol. The van der Waals surface area contributed by atoms with Crippen LogP contribution in [-0.2, 0) is 11.4 Å². The number of rotatable bonds is 9. The number of nitrogens with one attached hydrogen (secondary N) is 3. The standard InChI is InChI=1S/C31H24ClN5O4/c32-23-16-14-20(15-17-23)19-41-26-13-7-4-10-22(26)18-33-36-31(40)28(34-29(38)21-8-2-1-3-9-21)27-24-11-5-6-12-25(24)30(39)37-35-27/h1-18,28H,19H2,(H,34,38)(H,36,40)(H,37,39)/b33-18+. The second-order valence-electron chi connectivity index (χ2n) is 8.94. The molecule has 4 aromatic carbocycles. The van der Waals surface area contributed by atoms with Gasteiger partial charge >= 0.3 is 0 Å². The van der Waals surface area contributed by atoms with Crippen molar-refractivity contribution in [1.29, 1.82) is 0 Å². The summed E-state index contributed by atoms with van der Waals surface area (Å²) < 4.78 is 5.95. The molecule has 1 atom stereocenters. The van der Waals surface area contributed by atoms with E-state index in [2.05, 4.69) is 26.0 Å². The number of hydrogen-bond donors (Lipinski definition) is 3. The van der Waals surface area contributed by atoms with E-state index in [-0.39, 0.29) is 5.69 Å². The lowest BCUT2D eigenvalue weighted by Crippen LogP contribution is -2.40. The van der Waals surface area contributed by atoms with Crippen LogP contribution in [0.15, 0.2) is 113 Å². The number of amides is 2. The molecule has 0 aliphatic carbocycles. The summed E-state index contributed by atoms with van der Waals surface area (Å²) in [5.74, 6) is -0.592. The Morgan fingerprint density at radius 2 is 1.59 bits per heavy atom. The highest BCUT2D eigenvalue weighted by molar-refractivity contribution is 6.30. The summed E-state index contributed by atoms with van der Waals surface area (Å²) in [4.78, 5) is 38.8. The van der Waals surface area contributed by atoms with Gasteiger partial charge in [0.15, 0.2) is 6.04 Å². The van der Waals surface area contributed by atoms with E-state index in [9.17, 15) is 14.4 Å². The lowest BCUT2D eigenvalue weighted by Gasteiger charge is -2.18. The molecule has 0 bridgehead atoms. The molecule has 5 rings (SSSR count). The van der Waals surface area contributed by atoms with Gasteiger partial charge in [-0.3, -0.25) is 14.4 Å². The van der Waals surface area contributed by atoms with Gasteiger partial charge in [0.05, 0.1) is 11.6 Å². The van der Waals surface area contributed by atoms with Gasteiger partial charge < -0.3 is 10.1 Å². The molecule has 1 aromatic heterocycles. The van der Waals surface area contributed by atoms with E-state index in [1.54, 1.807) is 78.9 Å². The summed E-state index contributed by atoms with van der Waals surface area (Å²) in [5, 5.41) is 14.8. The van der Waals surface area contributed by atoms with Crippen molar-refractivity contribution in [3.05, 3.63) is 141 Å². The molecule has 204 valence electrons. The van der Waals surface area contributed by atoms with Crippen LogP contribution < -0.4 is 21.0 Å². The van der Waals surface area contributed by atoms with Crippen LogP contribution >= 0.6 is 11.6 Å². The van der Waals surface area contributed by atoms with Gasteiger partial charge in [-0.1, -0.05) is 72.3 Å². The minimum absolute atomic E-state index is 0.170. The topological polar surface area (TPSA) is 126 Å². The molecule has 5 aromatic rings. The Morgan fingerprint density at radius 3 is 2.37 bits per heavy atom. The SMILES string of the molecule is O=C(NC(C(=O)N/N=C/c1ccccc1OCc1ccc(Cl)cc1)c1n[nH]c(=O)c2ccccc12)c1ccccc1. The summed E-state index contributed by atoms with van der Waals surface area (Å²) in [5.41, 5.74) is 4.16. The van der Waals surface area contributed by atoms with Crippen molar-refractivity contribution in [3.8, 4) is 5.75 Å². The zero-order chi connectivity index (χ0) is 28.6. The lowest BCUT2D eigenvalue weighted by molar-refractivity contribution is -0.123. The van der Waals surface area contributed by atoms with Crippen LogP contribution in [0.1, 0.15) is 33.2 Å². The molecule has 0 saturated heterocycles. The van der Waals surface area contributed by atoms with E-state index >= 15 is 0 Å². The smallest absolute Gasteiger partial charge is 0.272 e. The molecular weight excluding hydrogens is 542 g/mol. The average molecular weight is 566 g/mol. The van der Waals surface area contributed by atoms with Crippen LogP contribution in [0.2, 0.25) is 5.02 Å². The van der Waals surface area contributed by atoms with E-state index in [0.717, 1.165) is 5.56 Å². The summed E-state index contributed by atoms with van der Waals surface area (Å²) in [6.45, 7) is 0.312. The van der Waals surface area contributed by atoms with Gasteiger partial charge in [0.25, 0.3) is 17.4 Å². The van der Waals surface area contributed by atoms with Crippen LogP contribution in [0.3, 0.4) is 0 Å². The van der Waals surface area contributed by atoms with Gasteiger partial charge in [0.1, 0.15) is 18.1 Å². The molecule has 0 radical (unpaired) electrons. The number of benzene rings is 4. The highest BCUT2D eigenvalue weighted by atomic mass is 35.5. The Labute approximate surface area is 239 Å². The summed E-state index contributed by atoms with van der Waals surface area (Å²) >= 11 is 5.96. The Bertz CT molecular complexity index is 1770. The third-order valence-electron chi connectivity index (χ3n) is 6.18. The van der Waals surface area contributed by atoms with Crippen LogP contribution in [0.5, 0.6) is 5.75 Å². The zero-order valence-electron chi connectivity index (χ0n) is 21.6. The number of aromatic nitrogens is 2. The van der Waals surface area contributed by atoms with Crippen molar-refractivity contribution >= 4 is 40.4 Å². The van der Waals surface area contributed by atoms with E-state index in [1.165, 1.54) is 6.21 Å². The van der Waals surface area contributed by atoms with Crippen LogP contribution in [0.25, 0.3) is 10.8 Å². The van der Waals surface area contributed by atoms with Crippen molar-refractivity contribution in [3.63, 3.8) is 0 Å². The first kappa shape index (κ1) is 27.3. The number of ether oxygens (including phenoxy) is 1. The van der Waals surface area contributed by atoms with Gasteiger partial charge in [-0.25, -0.2) is 10.5 Å². The fourth-order valence-electron chi connectivity index (χ4n) is 4.11. The van der Waals surface area contributed by atoms with Gasteiger partial charge in [0.2, 0.25) is 0 Å². The van der Waals surface area contributed by atoms with E-state index in [1.807, 2.05) is 24.3 Å². The zero-order valence-corrected chi connectivity index (χ0v) is 22.3. The van der Waals surface area contributed by atoms with E-state index in [4.69, 9.17) is 16.3 Å². The fraction of sp³-hybridized carbons (Fsp3) is 0.0645. The first-order valence-corrected chi connectivity index (χ1v) is 13.0. The van der Waals surface area contributed by atoms with Gasteiger partial charge in [0, 0.05) is 21.5 Å². The van der Waals surface area contributed by atoms with E-state index < -0.39 is 23.4 Å². The van der Waals surface area contributed by atoms with Crippen molar-refractivity contribution in [2.45, 2.75) is 12.6 Å². The number of para-hydroxylation sites is 1. The second kappa shape index (κ2) is 12.7. The Morgan fingerprint density at radius 1 is 0.902 bits per heavy atom. The van der Waals surface area contributed by atoms with Gasteiger partial charge in [-0.05, 0) is 48.0 Å². The molecule has 41 heavy (non-hydrogen) atoms. The molecule has 1 unspecified atom stereocenters. The van der Waals surface area contributed by atoms with Crippen molar-refractivity contribution < 1.29 is 14.3 Å². The Balaban J connectivity index is 1.38. The molecule has 2 amide bonds. The number of fused-ring (bicyclic) bond motifs is 1. The number of carbonyl (C=O) groups is 2. The Hall–Kier alpha value is -5.28. The quantitative estimate of drug-likeness (QED) is 0.175. The number of halogens is 1. The monoisotopic (exact) mass is 565 g/mol. The van der Waals surface area contributed by atoms with Crippen LogP contribution in [0.4, 0.5) is 0 Å². The predicted octanol–water partition coefficient (Wildman–Crippen LogP) is 4.78. The summed E-state index contributed by atoms with van der Waals surface area (Å²) in [6, 6.07) is 28.5. The first-order valence-electron chi connectivity index (χ1n) is 12.6. The van der Waals surface area contributed by atoms with Crippen molar-refractivity contribution in [1.82, 2.24) is 20.9 Å². The number of hydrogen-bond acceptors (Lipinski definition) is 6. The summed E-state index contributed by atoms with van der Waals surface area (Å²) in [6.07, 6.45) is 1.45. The molecule has 9 nitrogen and oxygen atoms in total. The maximum absolute atomic E-state index is 13.4. The summed E-state index contributed by atoms with van der Waals surface area (Å²) in [7, 11) is 0. The largest absolute Gasteiger partial charge is 0.488 e. The van der Waals surface area contributed by atoms with Crippen LogP contribution in [-0.4, -0.2) is 28.2 Å². The second-order valence-corrected chi connectivity index (χ2v) is 9.38. The molecule has 0 fully saturated rings. The normalized spacial score (nSPS) is 11.7. The third kappa shape index (κ3) is 6.66. The molecule has 1 heterocycles. The van der Waals surface area contributed by atoms with Crippen LogP contribution in [0, 0.1) is 0 Å². The molecule has 0 aliphatic heterocycles. The highest BCUT2D eigenvalue weighted by Crippen LogP contribution is 2.21. The van der Waals surface area contributed by atoms with Crippen molar-refractivity contribution in [2.75, 3.05) is 0 Å². The number of hydrazone groups is 1. The molecule has 0 saturated carbocycles. The number of H-pyrrole nitrogens is 1. The molecule has 0 spiro atoms. The van der Waals surface area contributed by atoms with Gasteiger partial charge in [-0.2, -0.15) is 10.2 Å². The molecular formula is C31H24ClN5O4. The minimum atomic E-state index is -1.27. The number of carbonyl (C=O) groups excluding carboxylic acids is 2. The highest BCUT2D eigenvalue weighted by Gasteiger charge is 2.27. The minimum Gasteiger partial charge on any atom is -0.488 e. The molecule has 10 heteroatoms. The molecule has 3 N–H and O–H groups in total. The fourth-order valence-corrected chi connectivity index (χ4v) is 4.23. The van der Waals surface area contributed by atoms with E-state index in [0.29, 0.717) is 39.3 Å².